The number of nitrogens with two attached hydrogens (primary N) is 1. The Labute approximate surface area is 119 Å². The molecule has 0 fully saturated rings. The van der Waals surface area contributed by atoms with Crippen LogP contribution in [0.15, 0.2) is 29.2 Å². The molecule has 0 aliphatic carbocycles. The highest BCUT2D eigenvalue weighted by Crippen LogP contribution is 2.30. The molecule has 0 unspecified atom stereocenters. The van der Waals surface area contributed by atoms with Crippen LogP contribution in [-0.2, 0) is 18.7 Å². The molecule has 3 nitrogen and oxygen atoms in total. The van der Waals surface area contributed by atoms with Crippen LogP contribution in [-0.4, -0.2) is 9.78 Å². The van der Waals surface area contributed by atoms with Gasteiger partial charge < -0.3 is 5.73 Å². The molecule has 2 N–H and O–H groups in total. The zero-order valence-electron chi connectivity index (χ0n) is 11.8. The van der Waals surface area contributed by atoms with Gasteiger partial charge in [0.05, 0.1) is 5.69 Å². The molecule has 2 rings (SSSR count). The molecule has 0 saturated heterocycles. The van der Waals surface area contributed by atoms with Crippen molar-refractivity contribution in [3.05, 3.63) is 41.2 Å². The second-order valence-electron chi connectivity index (χ2n) is 4.57. The van der Waals surface area contributed by atoms with Crippen molar-refractivity contribution in [3.8, 4) is 0 Å². The van der Waals surface area contributed by atoms with Gasteiger partial charge >= 0.3 is 0 Å². The number of nitrogen functional groups attached to an aromatic ring is 1. The van der Waals surface area contributed by atoms with Crippen molar-refractivity contribution in [2.75, 3.05) is 5.73 Å². The Morgan fingerprint density at radius 1 is 1.32 bits per heavy atom. The van der Waals surface area contributed by atoms with Gasteiger partial charge in [-0.3, -0.25) is 4.68 Å². The first-order valence-corrected chi connectivity index (χ1v) is 7.67. The molecule has 0 atom stereocenters. The van der Waals surface area contributed by atoms with Crippen LogP contribution in [0.25, 0.3) is 0 Å². The second kappa shape index (κ2) is 6.15. The van der Waals surface area contributed by atoms with Gasteiger partial charge in [-0.25, -0.2) is 0 Å². The summed E-state index contributed by atoms with van der Waals surface area (Å²) in [6, 6.07) is 8.39. The smallest absolute Gasteiger partial charge is 0.0625 e. The molecule has 19 heavy (non-hydrogen) atoms. The van der Waals surface area contributed by atoms with Crippen LogP contribution in [0.3, 0.4) is 0 Å². The number of para-hydroxylation sites is 1. The minimum Gasteiger partial charge on any atom is -0.398 e. The zero-order valence-corrected chi connectivity index (χ0v) is 12.6. The average molecular weight is 275 g/mol. The van der Waals surface area contributed by atoms with Gasteiger partial charge in [0.25, 0.3) is 0 Å². The third-order valence-electron chi connectivity index (χ3n) is 3.24. The minimum atomic E-state index is 0.894. The molecule has 0 aliphatic heterocycles. The molecule has 0 spiro atoms. The summed E-state index contributed by atoms with van der Waals surface area (Å²) in [7, 11) is 0. The molecule has 1 aromatic carbocycles. The number of nitrogens with zero attached hydrogens (tertiary/aromatic N) is 2. The molecule has 4 heteroatoms. The predicted molar refractivity (Wildman–Crippen MR) is 82.4 cm³/mol. The summed E-state index contributed by atoms with van der Waals surface area (Å²) >= 11 is 1.78. The number of thioether (sulfide) groups is 1. The first kappa shape index (κ1) is 14.0. The number of anilines is 1. The SMILES string of the molecule is CCc1cc(CSc2cccc(C)c2N)n(CC)n1. The highest BCUT2D eigenvalue weighted by Gasteiger charge is 2.08. The molecular formula is C15H21N3S. The first-order valence-electron chi connectivity index (χ1n) is 6.69. The fourth-order valence-corrected chi connectivity index (χ4v) is 3.04. The van der Waals surface area contributed by atoms with E-state index in [4.69, 9.17) is 5.73 Å². The maximum atomic E-state index is 6.11. The molecule has 102 valence electrons. The molecule has 0 saturated carbocycles. The summed E-state index contributed by atoms with van der Waals surface area (Å²) < 4.78 is 2.08. The van der Waals surface area contributed by atoms with Crippen molar-refractivity contribution in [2.45, 2.75) is 44.4 Å². The summed E-state index contributed by atoms with van der Waals surface area (Å²) in [6.45, 7) is 7.23. The summed E-state index contributed by atoms with van der Waals surface area (Å²) in [4.78, 5) is 1.15. The van der Waals surface area contributed by atoms with Crippen molar-refractivity contribution < 1.29 is 0 Å². The Kier molecular flexibility index (Phi) is 4.53. The predicted octanol–water partition coefficient (Wildman–Crippen LogP) is 3.65. The third-order valence-corrected chi connectivity index (χ3v) is 4.34. The van der Waals surface area contributed by atoms with E-state index in [1.54, 1.807) is 11.8 Å². The normalized spacial score (nSPS) is 10.9. The quantitative estimate of drug-likeness (QED) is 0.669. The first-order chi connectivity index (χ1) is 9.15. The largest absolute Gasteiger partial charge is 0.398 e. The lowest BCUT2D eigenvalue weighted by Crippen LogP contribution is -2.02. The Bertz CT molecular complexity index is 561. The molecule has 1 aromatic heterocycles. The maximum Gasteiger partial charge on any atom is 0.0625 e. The standard InChI is InChI=1S/C15H21N3S/c1-4-12-9-13(18(5-2)17-12)10-19-14-8-6-7-11(3)15(14)16/h6-9H,4-5,10,16H2,1-3H3. The van der Waals surface area contributed by atoms with E-state index in [1.807, 2.05) is 13.0 Å². The lowest BCUT2D eigenvalue weighted by atomic mass is 10.2. The number of rotatable bonds is 5. The van der Waals surface area contributed by atoms with E-state index in [9.17, 15) is 0 Å². The van der Waals surface area contributed by atoms with Crippen molar-refractivity contribution in [1.82, 2.24) is 9.78 Å². The van der Waals surface area contributed by atoms with Gasteiger partial charge in [-0.2, -0.15) is 5.10 Å². The fraction of sp³-hybridized carbons (Fsp3) is 0.400. The Morgan fingerprint density at radius 2 is 2.11 bits per heavy atom. The third kappa shape index (κ3) is 3.13. The van der Waals surface area contributed by atoms with Gasteiger partial charge in [-0.05, 0) is 38.0 Å². The van der Waals surface area contributed by atoms with Gasteiger partial charge in [0.2, 0.25) is 0 Å². The zero-order chi connectivity index (χ0) is 13.8. The molecule has 0 aliphatic rings. The molecule has 0 bridgehead atoms. The van der Waals surface area contributed by atoms with Crippen LogP contribution in [0.1, 0.15) is 30.8 Å². The molecular weight excluding hydrogens is 254 g/mol. The lowest BCUT2D eigenvalue weighted by molar-refractivity contribution is 0.628. The molecule has 0 amide bonds. The van der Waals surface area contributed by atoms with E-state index in [-0.39, 0.29) is 0 Å². The number of benzene rings is 1. The van der Waals surface area contributed by atoms with Crippen molar-refractivity contribution in [1.29, 1.82) is 0 Å². The number of hydrogen-bond donors (Lipinski definition) is 1. The lowest BCUT2D eigenvalue weighted by Gasteiger charge is -2.08. The number of aryl methyl sites for hydroxylation is 3. The molecule has 0 radical (unpaired) electrons. The van der Waals surface area contributed by atoms with Gasteiger partial charge in [-0.15, -0.1) is 11.8 Å². The summed E-state index contributed by atoms with van der Waals surface area (Å²) in [6.07, 6.45) is 0.983. The fourth-order valence-electron chi connectivity index (χ4n) is 2.01. The minimum absolute atomic E-state index is 0.894. The number of hydrogen-bond acceptors (Lipinski definition) is 3. The van der Waals surface area contributed by atoms with Crippen LogP contribution in [0.5, 0.6) is 0 Å². The van der Waals surface area contributed by atoms with Crippen LogP contribution >= 0.6 is 11.8 Å². The van der Waals surface area contributed by atoms with Gasteiger partial charge in [0.15, 0.2) is 0 Å². The van der Waals surface area contributed by atoms with Crippen LogP contribution in [0.2, 0.25) is 0 Å². The van der Waals surface area contributed by atoms with E-state index in [0.29, 0.717) is 0 Å². The Morgan fingerprint density at radius 3 is 2.79 bits per heavy atom. The Hall–Kier alpha value is -1.42. The summed E-state index contributed by atoms with van der Waals surface area (Å²) in [5.74, 6) is 0.911. The molecule has 2 aromatic rings. The summed E-state index contributed by atoms with van der Waals surface area (Å²) in [5.41, 5.74) is 10.6. The van der Waals surface area contributed by atoms with Crippen molar-refractivity contribution >= 4 is 17.4 Å². The van der Waals surface area contributed by atoms with Crippen LogP contribution < -0.4 is 5.73 Å². The van der Waals surface area contributed by atoms with Crippen LogP contribution in [0, 0.1) is 6.92 Å². The number of aromatic nitrogens is 2. The monoisotopic (exact) mass is 275 g/mol. The second-order valence-corrected chi connectivity index (χ2v) is 5.59. The van der Waals surface area contributed by atoms with Gasteiger partial charge in [0, 0.05) is 28.6 Å². The topological polar surface area (TPSA) is 43.8 Å². The van der Waals surface area contributed by atoms with E-state index < -0.39 is 0 Å². The average Bonchev–Trinajstić information content (AvgIpc) is 2.83. The van der Waals surface area contributed by atoms with Crippen LogP contribution in [0.4, 0.5) is 5.69 Å². The Balaban J connectivity index is 2.14. The highest BCUT2D eigenvalue weighted by molar-refractivity contribution is 7.98. The highest BCUT2D eigenvalue weighted by atomic mass is 32.2. The van der Waals surface area contributed by atoms with E-state index in [1.165, 1.54) is 5.69 Å². The summed E-state index contributed by atoms with van der Waals surface area (Å²) in [5, 5.41) is 4.57. The van der Waals surface area contributed by atoms with Gasteiger partial charge in [-0.1, -0.05) is 19.1 Å². The van der Waals surface area contributed by atoms with Crippen molar-refractivity contribution in [2.24, 2.45) is 0 Å². The van der Waals surface area contributed by atoms with Gasteiger partial charge in [0.1, 0.15) is 0 Å². The van der Waals surface area contributed by atoms with Crippen molar-refractivity contribution in [3.63, 3.8) is 0 Å². The van der Waals surface area contributed by atoms with E-state index >= 15 is 0 Å². The van der Waals surface area contributed by atoms with E-state index in [2.05, 4.69) is 41.8 Å². The van der Waals surface area contributed by atoms with E-state index in [0.717, 1.165) is 40.6 Å². The maximum absolute atomic E-state index is 6.11. The molecule has 1 heterocycles.